The summed E-state index contributed by atoms with van der Waals surface area (Å²) in [4.78, 5) is 5.37. The number of para-hydroxylation sites is 1. The Hall–Kier alpha value is -0.770. The Morgan fingerprint density at radius 1 is 0.889 bits per heavy atom. The van der Waals surface area contributed by atoms with Gasteiger partial charge in [-0.1, -0.05) is 32.0 Å². The Kier molecular flexibility index (Phi) is 7.10. The fraction of sp³-hybridized carbons (Fsp3) is 0.739. The molecular formula is C23H37ClN2O. The van der Waals surface area contributed by atoms with Crippen molar-refractivity contribution in [3.8, 4) is 0 Å². The van der Waals surface area contributed by atoms with Crippen LogP contribution in [0.15, 0.2) is 24.3 Å². The van der Waals surface area contributed by atoms with E-state index in [-0.39, 0.29) is 12.4 Å². The molecule has 2 heterocycles. The molecule has 0 amide bonds. The van der Waals surface area contributed by atoms with Crippen LogP contribution in [-0.2, 0) is 4.74 Å². The predicted molar refractivity (Wildman–Crippen MR) is 116 cm³/mol. The van der Waals surface area contributed by atoms with Gasteiger partial charge >= 0.3 is 0 Å². The molecule has 1 aromatic carbocycles. The van der Waals surface area contributed by atoms with Gasteiger partial charge in [-0.15, -0.1) is 12.4 Å². The van der Waals surface area contributed by atoms with Gasteiger partial charge < -0.3 is 9.64 Å². The number of piperazine rings is 1. The van der Waals surface area contributed by atoms with E-state index in [2.05, 4.69) is 47.9 Å². The number of benzene rings is 1. The maximum absolute atomic E-state index is 5.54. The summed E-state index contributed by atoms with van der Waals surface area (Å²) in [6, 6.07) is 10.0. The summed E-state index contributed by atoms with van der Waals surface area (Å²) in [6.45, 7) is 11.5. The summed E-state index contributed by atoms with van der Waals surface area (Å²) in [5.41, 5.74) is 3.67. The molecule has 3 fully saturated rings. The zero-order chi connectivity index (χ0) is 18.0. The lowest BCUT2D eigenvalue weighted by molar-refractivity contribution is 0.0321. The molecular weight excluding hydrogens is 356 g/mol. The Morgan fingerprint density at radius 3 is 2.19 bits per heavy atom. The van der Waals surface area contributed by atoms with Crippen molar-refractivity contribution in [2.24, 2.45) is 5.41 Å². The van der Waals surface area contributed by atoms with Crippen molar-refractivity contribution in [2.45, 2.75) is 64.3 Å². The molecule has 2 saturated heterocycles. The van der Waals surface area contributed by atoms with Crippen LogP contribution in [0.3, 0.4) is 0 Å². The summed E-state index contributed by atoms with van der Waals surface area (Å²) >= 11 is 0. The third-order valence-electron chi connectivity index (χ3n) is 7.08. The molecule has 0 N–H and O–H groups in total. The van der Waals surface area contributed by atoms with Gasteiger partial charge in [0.1, 0.15) is 0 Å². The molecule has 0 bridgehead atoms. The highest BCUT2D eigenvalue weighted by Crippen LogP contribution is 2.44. The zero-order valence-electron chi connectivity index (χ0n) is 17.2. The first kappa shape index (κ1) is 21.0. The van der Waals surface area contributed by atoms with E-state index in [0.717, 1.165) is 25.2 Å². The first-order valence-corrected chi connectivity index (χ1v) is 10.8. The number of halogens is 1. The number of anilines is 1. The third-order valence-corrected chi connectivity index (χ3v) is 7.08. The maximum atomic E-state index is 5.54. The van der Waals surface area contributed by atoms with E-state index in [9.17, 15) is 0 Å². The van der Waals surface area contributed by atoms with Crippen molar-refractivity contribution in [3.63, 3.8) is 0 Å². The van der Waals surface area contributed by atoms with Crippen LogP contribution < -0.4 is 4.90 Å². The molecule has 1 saturated carbocycles. The number of nitrogens with zero attached hydrogens (tertiary/aromatic N) is 2. The molecule has 4 rings (SSSR count). The van der Waals surface area contributed by atoms with E-state index in [4.69, 9.17) is 4.74 Å². The molecule has 0 unspecified atom stereocenters. The van der Waals surface area contributed by atoms with Crippen LogP contribution in [0.2, 0.25) is 0 Å². The maximum Gasteiger partial charge on any atom is 0.0480 e. The van der Waals surface area contributed by atoms with Gasteiger partial charge in [0.05, 0.1) is 0 Å². The van der Waals surface area contributed by atoms with Crippen LogP contribution in [0.25, 0.3) is 0 Å². The molecule has 1 aromatic rings. The van der Waals surface area contributed by atoms with Gasteiger partial charge in [-0.3, -0.25) is 4.90 Å². The quantitative estimate of drug-likeness (QED) is 0.712. The molecule has 3 aliphatic rings. The lowest BCUT2D eigenvalue weighted by Gasteiger charge is -2.43. The second kappa shape index (κ2) is 9.15. The fourth-order valence-electron chi connectivity index (χ4n) is 5.21. The zero-order valence-corrected chi connectivity index (χ0v) is 18.0. The molecule has 0 radical (unpaired) electrons. The topological polar surface area (TPSA) is 15.7 Å². The second-order valence-corrected chi connectivity index (χ2v) is 9.36. The van der Waals surface area contributed by atoms with E-state index in [1.54, 1.807) is 5.56 Å². The van der Waals surface area contributed by atoms with Gasteiger partial charge in [-0.2, -0.15) is 0 Å². The molecule has 152 valence electrons. The first-order chi connectivity index (χ1) is 12.6. The highest BCUT2D eigenvalue weighted by Gasteiger charge is 2.31. The van der Waals surface area contributed by atoms with E-state index in [0.29, 0.717) is 5.41 Å². The number of hydrogen-bond acceptors (Lipinski definition) is 3. The van der Waals surface area contributed by atoms with E-state index in [1.807, 2.05) is 0 Å². The highest BCUT2D eigenvalue weighted by molar-refractivity contribution is 5.85. The van der Waals surface area contributed by atoms with Crippen molar-refractivity contribution < 1.29 is 4.74 Å². The summed E-state index contributed by atoms with van der Waals surface area (Å²) in [5.74, 6) is 0.757. The van der Waals surface area contributed by atoms with Crippen LogP contribution in [0.4, 0.5) is 5.69 Å². The molecule has 1 aliphatic carbocycles. The third kappa shape index (κ3) is 4.99. The van der Waals surface area contributed by atoms with Gasteiger partial charge in [0.2, 0.25) is 0 Å². The normalized spacial score (nSPS) is 25.2. The largest absolute Gasteiger partial charge is 0.381 e. The SMILES string of the molecule is CC1(C)CCC(c2ccccc2N2CCN(C3CCOCC3)CC2)CC1.Cl. The van der Waals surface area contributed by atoms with Crippen LogP contribution in [0, 0.1) is 5.41 Å². The second-order valence-electron chi connectivity index (χ2n) is 9.36. The van der Waals surface area contributed by atoms with E-state index < -0.39 is 0 Å². The van der Waals surface area contributed by atoms with E-state index in [1.165, 1.54) is 70.4 Å². The van der Waals surface area contributed by atoms with Crippen LogP contribution >= 0.6 is 12.4 Å². The minimum atomic E-state index is 0. The summed E-state index contributed by atoms with van der Waals surface area (Å²) < 4.78 is 5.54. The molecule has 27 heavy (non-hydrogen) atoms. The monoisotopic (exact) mass is 392 g/mol. The predicted octanol–water partition coefficient (Wildman–Crippen LogP) is 5.09. The van der Waals surface area contributed by atoms with Gasteiger partial charge in [0.25, 0.3) is 0 Å². The minimum absolute atomic E-state index is 0. The smallest absolute Gasteiger partial charge is 0.0480 e. The Balaban J connectivity index is 0.00000210. The Bertz CT molecular complexity index is 582. The average Bonchev–Trinajstić information content (AvgIpc) is 2.69. The van der Waals surface area contributed by atoms with E-state index >= 15 is 0 Å². The summed E-state index contributed by atoms with van der Waals surface area (Å²) in [5, 5.41) is 0. The molecule has 0 aromatic heterocycles. The molecule has 0 atom stereocenters. The molecule has 4 heteroatoms. The van der Waals surface area contributed by atoms with Gasteiger partial charge in [-0.05, 0) is 61.5 Å². The first-order valence-electron chi connectivity index (χ1n) is 10.8. The van der Waals surface area contributed by atoms with Crippen LogP contribution in [-0.4, -0.2) is 50.3 Å². The van der Waals surface area contributed by atoms with Crippen molar-refractivity contribution in [3.05, 3.63) is 29.8 Å². The number of hydrogen-bond donors (Lipinski definition) is 0. The van der Waals surface area contributed by atoms with Crippen LogP contribution in [0.1, 0.15) is 63.9 Å². The highest BCUT2D eigenvalue weighted by atomic mass is 35.5. The standard InChI is InChI=1S/C23H36N2O.ClH/c1-23(2)11-7-19(8-12-23)21-5-3-4-6-22(21)25-15-13-24(14-16-25)20-9-17-26-18-10-20;/h3-6,19-20H,7-18H2,1-2H3;1H. The Labute approximate surface area is 171 Å². The molecule has 0 spiro atoms. The number of ether oxygens (including phenoxy) is 1. The lowest BCUT2D eigenvalue weighted by Crippen LogP contribution is -2.51. The van der Waals surface area contributed by atoms with Crippen molar-refractivity contribution >= 4 is 18.1 Å². The fourth-order valence-corrected chi connectivity index (χ4v) is 5.21. The van der Waals surface area contributed by atoms with Gasteiger partial charge in [0.15, 0.2) is 0 Å². The average molecular weight is 393 g/mol. The van der Waals surface area contributed by atoms with Crippen molar-refractivity contribution in [1.29, 1.82) is 0 Å². The minimum Gasteiger partial charge on any atom is -0.381 e. The summed E-state index contributed by atoms with van der Waals surface area (Å²) in [6.07, 6.45) is 7.87. The van der Waals surface area contributed by atoms with Crippen LogP contribution in [0.5, 0.6) is 0 Å². The molecule has 3 nitrogen and oxygen atoms in total. The Morgan fingerprint density at radius 2 is 1.52 bits per heavy atom. The summed E-state index contributed by atoms with van der Waals surface area (Å²) in [7, 11) is 0. The number of rotatable bonds is 3. The van der Waals surface area contributed by atoms with Crippen molar-refractivity contribution in [2.75, 3.05) is 44.3 Å². The van der Waals surface area contributed by atoms with Crippen molar-refractivity contribution in [1.82, 2.24) is 4.90 Å². The lowest BCUT2D eigenvalue weighted by atomic mass is 9.71. The molecule has 2 aliphatic heterocycles. The van der Waals surface area contributed by atoms with Gasteiger partial charge in [0, 0.05) is 51.1 Å². The van der Waals surface area contributed by atoms with Gasteiger partial charge in [-0.25, -0.2) is 0 Å².